The van der Waals surface area contributed by atoms with Crippen LogP contribution in [0.15, 0.2) is 24.8 Å². The van der Waals surface area contributed by atoms with E-state index in [1.165, 1.54) is 6.33 Å². The molecule has 0 saturated carbocycles. The standard InChI is InChI=1S/C4H4N2.CHF3O3S/c1-2-5-4-6-3-1;2-1(3,4)8(5,6)7/h1-4H;(H,5,6,7). The van der Waals surface area contributed by atoms with Crippen LogP contribution in [0.25, 0.3) is 0 Å². The second-order valence-electron chi connectivity index (χ2n) is 1.83. The SMILES string of the molecule is O=S(=O)(O)C(F)(F)F.c1cncnc1. The van der Waals surface area contributed by atoms with Crippen LogP contribution in [0.3, 0.4) is 0 Å². The number of hydrogen-bond acceptors (Lipinski definition) is 4. The molecular weight excluding hydrogens is 225 g/mol. The minimum atomic E-state index is -5.84. The lowest BCUT2D eigenvalue weighted by molar-refractivity contribution is -0.0510. The van der Waals surface area contributed by atoms with Crippen LogP contribution in [-0.2, 0) is 10.1 Å². The summed E-state index contributed by atoms with van der Waals surface area (Å²) in [6, 6.07) is 1.78. The van der Waals surface area contributed by atoms with Crippen molar-refractivity contribution in [1.29, 1.82) is 0 Å². The van der Waals surface area contributed by atoms with Crippen molar-refractivity contribution in [1.82, 2.24) is 9.97 Å². The van der Waals surface area contributed by atoms with Gasteiger partial charge in [-0.1, -0.05) is 0 Å². The van der Waals surface area contributed by atoms with Crippen molar-refractivity contribution in [2.45, 2.75) is 5.51 Å². The normalized spacial score (nSPS) is 11.4. The van der Waals surface area contributed by atoms with Gasteiger partial charge in [0.15, 0.2) is 0 Å². The van der Waals surface area contributed by atoms with E-state index >= 15 is 0 Å². The summed E-state index contributed by atoms with van der Waals surface area (Å²) in [4.78, 5) is 7.35. The molecule has 5 nitrogen and oxygen atoms in total. The Labute approximate surface area is 77.4 Å². The highest BCUT2D eigenvalue weighted by Crippen LogP contribution is 2.20. The minimum Gasteiger partial charge on any atom is -0.279 e. The van der Waals surface area contributed by atoms with Crippen LogP contribution in [-0.4, -0.2) is 28.4 Å². The molecule has 0 fully saturated rings. The lowest BCUT2D eigenvalue weighted by Crippen LogP contribution is -2.21. The van der Waals surface area contributed by atoms with E-state index in [0.717, 1.165) is 0 Å². The molecule has 1 heterocycles. The molecule has 1 aromatic rings. The van der Waals surface area contributed by atoms with Gasteiger partial charge in [0.25, 0.3) is 0 Å². The van der Waals surface area contributed by atoms with Crippen molar-refractivity contribution in [3.8, 4) is 0 Å². The first-order chi connectivity index (χ1) is 6.25. The summed E-state index contributed by atoms with van der Waals surface area (Å²) >= 11 is 0. The zero-order valence-electron chi connectivity index (χ0n) is 6.51. The van der Waals surface area contributed by atoms with Gasteiger partial charge in [0, 0.05) is 12.4 Å². The van der Waals surface area contributed by atoms with Crippen molar-refractivity contribution >= 4 is 10.1 Å². The van der Waals surface area contributed by atoms with E-state index in [1.54, 1.807) is 18.5 Å². The van der Waals surface area contributed by atoms with E-state index in [2.05, 4.69) is 9.97 Å². The van der Waals surface area contributed by atoms with Gasteiger partial charge in [-0.3, -0.25) is 4.55 Å². The molecule has 1 rings (SSSR count). The molecule has 0 aliphatic heterocycles. The highest BCUT2D eigenvalue weighted by atomic mass is 32.2. The zero-order valence-corrected chi connectivity index (χ0v) is 7.33. The smallest absolute Gasteiger partial charge is 0.279 e. The van der Waals surface area contributed by atoms with Gasteiger partial charge < -0.3 is 0 Å². The largest absolute Gasteiger partial charge is 0.522 e. The van der Waals surface area contributed by atoms with E-state index in [-0.39, 0.29) is 0 Å². The molecule has 0 bridgehead atoms. The Morgan fingerprint density at radius 1 is 1.14 bits per heavy atom. The molecule has 80 valence electrons. The Balaban J connectivity index is 0.000000249. The fourth-order valence-electron chi connectivity index (χ4n) is 0.253. The molecule has 0 radical (unpaired) electrons. The van der Waals surface area contributed by atoms with Crippen molar-refractivity contribution in [2.24, 2.45) is 0 Å². The Kier molecular flexibility index (Phi) is 4.44. The van der Waals surface area contributed by atoms with Crippen LogP contribution in [0.4, 0.5) is 13.2 Å². The van der Waals surface area contributed by atoms with Crippen molar-refractivity contribution in [3.05, 3.63) is 24.8 Å². The molecule has 0 amide bonds. The monoisotopic (exact) mass is 230 g/mol. The van der Waals surface area contributed by atoms with Crippen LogP contribution >= 0.6 is 0 Å². The van der Waals surface area contributed by atoms with Crippen molar-refractivity contribution in [2.75, 3.05) is 0 Å². The highest BCUT2D eigenvalue weighted by Gasteiger charge is 2.44. The predicted octanol–water partition coefficient (Wildman–Crippen LogP) is 0.871. The number of rotatable bonds is 0. The maximum absolute atomic E-state index is 10.7. The Hall–Kier alpha value is -1.22. The molecule has 0 saturated heterocycles. The van der Waals surface area contributed by atoms with Gasteiger partial charge >= 0.3 is 15.6 Å². The zero-order chi connectivity index (χ0) is 11.2. The number of nitrogens with zero attached hydrogens (tertiary/aromatic N) is 2. The second kappa shape index (κ2) is 4.86. The van der Waals surface area contributed by atoms with Gasteiger partial charge in [-0.15, -0.1) is 0 Å². The summed E-state index contributed by atoms with van der Waals surface area (Å²) in [5.41, 5.74) is -5.53. The minimum absolute atomic E-state index is 1.50. The molecule has 0 aromatic carbocycles. The van der Waals surface area contributed by atoms with Gasteiger partial charge in [-0.25, -0.2) is 9.97 Å². The number of halogens is 3. The van der Waals surface area contributed by atoms with E-state index < -0.39 is 15.6 Å². The van der Waals surface area contributed by atoms with Gasteiger partial charge in [-0.2, -0.15) is 21.6 Å². The third kappa shape index (κ3) is 5.43. The lowest BCUT2D eigenvalue weighted by Gasteiger charge is -1.97. The topological polar surface area (TPSA) is 80.2 Å². The van der Waals surface area contributed by atoms with Crippen LogP contribution in [0.5, 0.6) is 0 Å². The summed E-state index contributed by atoms with van der Waals surface area (Å²) < 4.78 is 57.5. The van der Waals surface area contributed by atoms with Gasteiger partial charge in [-0.05, 0) is 6.07 Å². The average Bonchev–Trinajstić information content (AvgIpc) is 2.05. The molecular formula is C5H5F3N2O3S. The molecule has 0 spiro atoms. The summed E-state index contributed by atoms with van der Waals surface area (Å²) in [6.45, 7) is 0. The third-order valence-electron chi connectivity index (χ3n) is 0.770. The van der Waals surface area contributed by atoms with E-state index in [0.29, 0.717) is 0 Å². The molecule has 0 atom stereocenters. The Morgan fingerprint density at radius 2 is 1.50 bits per heavy atom. The van der Waals surface area contributed by atoms with Gasteiger partial charge in [0.05, 0.1) is 0 Å². The average molecular weight is 230 g/mol. The summed E-state index contributed by atoms with van der Waals surface area (Å²) in [6.07, 6.45) is 4.88. The number of alkyl halides is 3. The Bertz CT molecular complexity index is 324. The van der Waals surface area contributed by atoms with Gasteiger partial charge in [0.1, 0.15) is 6.33 Å². The van der Waals surface area contributed by atoms with Crippen LogP contribution in [0.2, 0.25) is 0 Å². The van der Waals surface area contributed by atoms with Crippen LogP contribution < -0.4 is 0 Å². The van der Waals surface area contributed by atoms with E-state index in [9.17, 15) is 13.2 Å². The number of aromatic nitrogens is 2. The van der Waals surface area contributed by atoms with E-state index in [4.69, 9.17) is 13.0 Å². The molecule has 0 aliphatic carbocycles. The first kappa shape index (κ1) is 12.8. The van der Waals surface area contributed by atoms with Gasteiger partial charge in [0.2, 0.25) is 0 Å². The maximum Gasteiger partial charge on any atom is 0.522 e. The molecule has 0 aliphatic rings. The molecule has 1 N–H and O–H groups in total. The van der Waals surface area contributed by atoms with Crippen LogP contribution in [0, 0.1) is 0 Å². The summed E-state index contributed by atoms with van der Waals surface area (Å²) in [5, 5.41) is 0. The summed E-state index contributed by atoms with van der Waals surface area (Å²) in [7, 11) is -5.84. The first-order valence-electron chi connectivity index (χ1n) is 2.99. The van der Waals surface area contributed by atoms with Crippen molar-refractivity contribution in [3.63, 3.8) is 0 Å². The lowest BCUT2D eigenvalue weighted by atomic mass is 10.7. The fourth-order valence-corrected chi connectivity index (χ4v) is 0.253. The Morgan fingerprint density at radius 3 is 1.57 bits per heavy atom. The quantitative estimate of drug-likeness (QED) is 0.528. The fraction of sp³-hybridized carbons (Fsp3) is 0.200. The highest BCUT2D eigenvalue weighted by molar-refractivity contribution is 7.86. The van der Waals surface area contributed by atoms with Crippen LogP contribution in [0.1, 0.15) is 0 Å². The predicted molar refractivity (Wildman–Crippen MR) is 39.6 cm³/mol. The molecule has 9 heteroatoms. The first-order valence-corrected chi connectivity index (χ1v) is 4.43. The molecule has 0 unspecified atom stereocenters. The second-order valence-corrected chi connectivity index (χ2v) is 3.24. The van der Waals surface area contributed by atoms with Crippen molar-refractivity contribution < 1.29 is 26.1 Å². The molecule has 14 heavy (non-hydrogen) atoms. The third-order valence-corrected chi connectivity index (χ3v) is 1.36. The maximum atomic E-state index is 10.7. The summed E-state index contributed by atoms with van der Waals surface area (Å²) in [5.74, 6) is 0. The molecule has 1 aromatic heterocycles. The van der Waals surface area contributed by atoms with E-state index in [1.807, 2.05) is 0 Å². The number of hydrogen-bond donors (Lipinski definition) is 1.